The van der Waals surface area contributed by atoms with Gasteiger partial charge < -0.3 is 4.90 Å². The second-order valence-corrected chi connectivity index (χ2v) is 7.07. The van der Waals surface area contributed by atoms with Gasteiger partial charge in [0.25, 0.3) is 0 Å². The molecule has 0 N–H and O–H groups in total. The van der Waals surface area contributed by atoms with E-state index < -0.39 is 0 Å². The predicted octanol–water partition coefficient (Wildman–Crippen LogP) is 2.08. The zero-order valence-electron chi connectivity index (χ0n) is 12.3. The number of hydrogen-bond acceptors (Lipinski definition) is 5. The molecule has 1 aromatic carbocycles. The van der Waals surface area contributed by atoms with Gasteiger partial charge in [-0.2, -0.15) is 0 Å². The Balaban J connectivity index is 1.50. The summed E-state index contributed by atoms with van der Waals surface area (Å²) in [6.45, 7) is 2.69. The third-order valence-corrected chi connectivity index (χ3v) is 5.17. The predicted molar refractivity (Wildman–Crippen MR) is 83.9 cm³/mol. The lowest BCUT2D eigenvalue weighted by molar-refractivity contribution is -0.117. The largest absolute Gasteiger partial charge is 0.311 e. The zero-order valence-corrected chi connectivity index (χ0v) is 13.2. The van der Waals surface area contributed by atoms with Gasteiger partial charge in [-0.25, -0.2) is 4.68 Å². The van der Waals surface area contributed by atoms with Gasteiger partial charge >= 0.3 is 0 Å². The third kappa shape index (κ3) is 2.39. The first kappa shape index (κ1) is 13.8. The molecule has 2 heterocycles. The van der Waals surface area contributed by atoms with E-state index in [1.165, 1.54) is 17.3 Å². The van der Waals surface area contributed by atoms with Crippen molar-refractivity contribution in [3.63, 3.8) is 0 Å². The molecule has 2 aromatic rings. The Bertz CT molecular complexity index is 711. The quantitative estimate of drug-likeness (QED) is 0.808. The summed E-state index contributed by atoms with van der Waals surface area (Å²) in [5, 5.41) is 12.4. The number of benzene rings is 1. The number of anilines is 1. The molecule has 0 radical (unpaired) electrons. The number of nitrogens with zero attached hydrogens (tertiary/aromatic N) is 5. The molecule has 7 heteroatoms. The van der Waals surface area contributed by atoms with E-state index in [1.54, 1.807) is 0 Å². The standard InChI is InChI=1S/C15H17N5OS/c1-10(22-15-16-17-18-20(15)12-6-7-12)14(21)19-9-8-11-4-2-3-5-13(11)19/h2-5,10,12H,6-9H2,1H3/t10-/m0/s1. The highest BCUT2D eigenvalue weighted by molar-refractivity contribution is 8.00. The molecular formula is C15H17N5OS. The minimum Gasteiger partial charge on any atom is -0.311 e. The number of carbonyl (C=O) groups is 1. The van der Waals surface area contributed by atoms with Gasteiger partial charge in [-0.05, 0) is 48.2 Å². The maximum atomic E-state index is 12.8. The van der Waals surface area contributed by atoms with Crippen molar-refractivity contribution >= 4 is 23.4 Å². The Morgan fingerprint density at radius 2 is 2.18 bits per heavy atom. The van der Waals surface area contributed by atoms with Crippen molar-refractivity contribution in [3.05, 3.63) is 29.8 Å². The molecule has 0 spiro atoms. The van der Waals surface area contributed by atoms with Crippen LogP contribution in [0.4, 0.5) is 5.69 Å². The van der Waals surface area contributed by atoms with Crippen LogP contribution < -0.4 is 4.90 Å². The van der Waals surface area contributed by atoms with Crippen LogP contribution in [0.5, 0.6) is 0 Å². The molecule has 1 saturated carbocycles. The lowest BCUT2D eigenvalue weighted by Gasteiger charge is -2.21. The summed E-state index contributed by atoms with van der Waals surface area (Å²) in [6.07, 6.45) is 3.18. The van der Waals surface area contributed by atoms with E-state index >= 15 is 0 Å². The molecule has 1 atom stereocenters. The van der Waals surface area contributed by atoms with Crippen LogP contribution in [0, 0.1) is 0 Å². The van der Waals surface area contributed by atoms with E-state index in [0.717, 1.165) is 36.7 Å². The summed E-state index contributed by atoms with van der Waals surface area (Å²) in [5.74, 6) is 0.125. The van der Waals surface area contributed by atoms with Crippen LogP contribution in [0.2, 0.25) is 0 Å². The SMILES string of the molecule is C[C@H](Sc1nnnn1C1CC1)C(=O)N1CCc2ccccc21. The van der Waals surface area contributed by atoms with E-state index in [9.17, 15) is 4.79 Å². The normalized spacial score (nSPS) is 18.3. The average molecular weight is 315 g/mol. The average Bonchev–Trinajstić information content (AvgIpc) is 3.12. The van der Waals surface area contributed by atoms with Crippen molar-refractivity contribution < 1.29 is 4.79 Å². The summed E-state index contributed by atoms with van der Waals surface area (Å²) in [4.78, 5) is 14.6. The Hall–Kier alpha value is -1.89. The van der Waals surface area contributed by atoms with E-state index in [4.69, 9.17) is 0 Å². The van der Waals surface area contributed by atoms with E-state index in [0.29, 0.717) is 6.04 Å². The lowest BCUT2D eigenvalue weighted by Crippen LogP contribution is -2.35. The van der Waals surface area contributed by atoms with Crippen LogP contribution in [-0.4, -0.2) is 37.9 Å². The highest BCUT2D eigenvalue weighted by Crippen LogP contribution is 2.37. The van der Waals surface area contributed by atoms with Crippen molar-refractivity contribution in [1.29, 1.82) is 0 Å². The van der Waals surface area contributed by atoms with Crippen LogP contribution in [0.1, 0.15) is 31.4 Å². The number of aromatic nitrogens is 4. The summed E-state index contributed by atoms with van der Waals surface area (Å²) in [7, 11) is 0. The fourth-order valence-corrected chi connectivity index (χ4v) is 3.73. The third-order valence-electron chi connectivity index (χ3n) is 4.14. The van der Waals surface area contributed by atoms with Gasteiger partial charge in [0.15, 0.2) is 0 Å². The highest BCUT2D eigenvalue weighted by Gasteiger charge is 2.32. The number of rotatable bonds is 4. The minimum absolute atomic E-state index is 0.125. The Kier molecular flexibility index (Phi) is 3.37. The van der Waals surface area contributed by atoms with Gasteiger partial charge in [0, 0.05) is 12.2 Å². The molecule has 0 unspecified atom stereocenters. The summed E-state index contributed by atoms with van der Waals surface area (Å²) >= 11 is 1.45. The van der Waals surface area contributed by atoms with Crippen LogP contribution in [0.3, 0.4) is 0 Å². The number of para-hydroxylation sites is 1. The van der Waals surface area contributed by atoms with Crippen LogP contribution in [-0.2, 0) is 11.2 Å². The Morgan fingerprint density at radius 1 is 1.36 bits per heavy atom. The maximum Gasteiger partial charge on any atom is 0.240 e. The van der Waals surface area contributed by atoms with E-state index in [2.05, 4.69) is 21.6 Å². The molecule has 1 aliphatic carbocycles. The van der Waals surface area contributed by atoms with Crippen molar-refractivity contribution in [2.45, 2.75) is 42.6 Å². The molecule has 1 fully saturated rings. The summed E-state index contributed by atoms with van der Waals surface area (Å²) < 4.78 is 1.85. The first-order valence-corrected chi connectivity index (χ1v) is 8.46. The molecule has 4 rings (SSSR count). The molecule has 22 heavy (non-hydrogen) atoms. The molecular weight excluding hydrogens is 298 g/mol. The first-order chi connectivity index (χ1) is 10.7. The van der Waals surface area contributed by atoms with Gasteiger partial charge in [-0.1, -0.05) is 30.0 Å². The molecule has 1 amide bonds. The lowest BCUT2D eigenvalue weighted by atomic mass is 10.2. The second-order valence-electron chi connectivity index (χ2n) is 5.77. The number of tetrazole rings is 1. The molecule has 6 nitrogen and oxygen atoms in total. The van der Waals surface area contributed by atoms with Gasteiger partial charge in [0.05, 0.1) is 11.3 Å². The second kappa shape index (κ2) is 5.39. The molecule has 1 aromatic heterocycles. The first-order valence-electron chi connectivity index (χ1n) is 7.58. The van der Waals surface area contributed by atoms with Gasteiger partial charge in [-0.15, -0.1) is 5.10 Å². The van der Waals surface area contributed by atoms with Crippen LogP contribution >= 0.6 is 11.8 Å². The highest BCUT2D eigenvalue weighted by atomic mass is 32.2. The van der Waals surface area contributed by atoms with Crippen LogP contribution in [0.25, 0.3) is 0 Å². The van der Waals surface area contributed by atoms with Gasteiger partial charge in [0.1, 0.15) is 0 Å². The smallest absolute Gasteiger partial charge is 0.240 e. The molecule has 2 aliphatic rings. The Labute approximate surface area is 132 Å². The molecule has 114 valence electrons. The van der Waals surface area contributed by atoms with Gasteiger partial charge in [0.2, 0.25) is 11.1 Å². The van der Waals surface area contributed by atoms with Crippen molar-refractivity contribution in [2.24, 2.45) is 0 Å². The van der Waals surface area contributed by atoms with Gasteiger partial charge in [-0.3, -0.25) is 4.79 Å². The number of fused-ring (bicyclic) bond motifs is 1. The fraction of sp³-hybridized carbons (Fsp3) is 0.467. The number of hydrogen-bond donors (Lipinski definition) is 0. The van der Waals surface area contributed by atoms with Crippen molar-refractivity contribution in [2.75, 3.05) is 11.4 Å². The summed E-state index contributed by atoms with van der Waals surface area (Å²) in [5.41, 5.74) is 2.29. The maximum absolute atomic E-state index is 12.8. The molecule has 1 aliphatic heterocycles. The molecule has 0 saturated heterocycles. The van der Waals surface area contributed by atoms with Crippen molar-refractivity contribution in [3.8, 4) is 0 Å². The van der Waals surface area contributed by atoms with E-state index in [-0.39, 0.29) is 11.2 Å². The topological polar surface area (TPSA) is 63.9 Å². The van der Waals surface area contributed by atoms with Crippen molar-refractivity contribution in [1.82, 2.24) is 20.2 Å². The Morgan fingerprint density at radius 3 is 3.00 bits per heavy atom. The fourth-order valence-electron chi connectivity index (χ4n) is 2.81. The number of thioether (sulfide) groups is 1. The monoisotopic (exact) mass is 315 g/mol. The molecule has 0 bridgehead atoms. The zero-order chi connectivity index (χ0) is 15.1. The number of carbonyl (C=O) groups excluding carboxylic acids is 1. The minimum atomic E-state index is -0.199. The van der Waals surface area contributed by atoms with Crippen LogP contribution in [0.15, 0.2) is 29.4 Å². The number of amides is 1. The van der Waals surface area contributed by atoms with E-state index in [1.807, 2.05) is 34.7 Å². The summed E-state index contributed by atoms with van der Waals surface area (Å²) in [6, 6.07) is 8.54.